The minimum Gasteiger partial charge on any atom is -0.489 e. The number of aromatic nitrogens is 1. The number of rotatable bonds is 8. The Labute approximate surface area is 183 Å². The summed E-state index contributed by atoms with van der Waals surface area (Å²) in [6.45, 7) is -0.956. The van der Waals surface area contributed by atoms with Crippen molar-refractivity contribution in [1.82, 2.24) is 4.57 Å². The van der Waals surface area contributed by atoms with Gasteiger partial charge in [-0.2, -0.15) is 13.2 Å². The van der Waals surface area contributed by atoms with E-state index in [1.165, 1.54) is 7.05 Å². The Bertz CT molecular complexity index is 1130. The number of primary sulfonamides is 1. The Morgan fingerprint density at radius 3 is 2.47 bits per heavy atom. The molecule has 1 heterocycles. The molecule has 1 unspecified atom stereocenters. The lowest BCUT2D eigenvalue weighted by Crippen LogP contribution is -2.39. The summed E-state index contributed by atoms with van der Waals surface area (Å²) in [5, 5.41) is 17.2. The van der Waals surface area contributed by atoms with E-state index in [2.05, 4.69) is 17.5 Å². The highest BCUT2D eigenvalue weighted by molar-refractivity contribution is 7.89. The molecule has 2 aromatic rings. The van der Waals surface area contributed by atoms with E-state index < -0.39 is 68.7 Å². The van der Waals surface area contributed by atoms with Crippen LogP contribution in [0.5, 0.6) is 5.75 Å². The highest BCUT2D eigenvalue weighted by Gasteiger charge is 2.43. The molecule has 2 rings (SSSR count). The van der Waals surface area contributed by atoms with Gasteiger partial charge in [-0.05, 0) is 17.5 Å². The van der Waals surface area contributed by atoms with E-state index in [0.717, 1.165) is 22.9 Å². The van der Waals surface area contributed by atoms with Crippen molar-refractivity contribution in [2.45, 2.75) is 17.2 Å². The number of nitrogens with one attached hydrogen (secondary N) is 1. The number of aliphatic hydroxyl groups excluding tert-OH is 1. The third kappa shape index (κ3) is 5.79. The van der Waals surface area contributed by atoms with Gasteiger partial charge >= 0.3 is 6.18 Å². The number of nitrogens with zero attached hydrogens (tertiary/aromatic N) is 1. The Morgan fingerprint density at radius 1 is 1.34 bits per heavy atom. The van der Waals surface area contributed by atoms with Crippen LogP contribution in [0.4, 0.5) is 27.6 Å². The number of halogens is 5. The first-order valence-corrected chi connectivity index (χ1v) is 10.5. The first-order valence-electron chi connectivity index (χ1n) is 8.48. The molecule has 32 heavy (non-hydrogen) atoms. The second-order valence-electron chi connectivity index (χ2n) is 6.51. The van der Waals surface area contributed by atoms with E-state index in [9.17, 15) is 40.3 Å². The predicted molar refractivity (Wildman–Crippen MR) is 106 cm³/mol. The standard InChI is InChI=1S/C17H16F5N3O5S2/c1-25-5-12(32(23,28)29)14(30-6-8(7-31)15(26)17(20,21)22)13(25)16(27)24-9-2-3-10(18)11(19)4-9/h2-5,7-8,15,26H,6H2,1H3,(H,24,27)(H2,23,28,29)/t8-,15?/m1/s1. The fourth-order valence-electron chi connectivity index (χ4n) is 2.57. The number of benzene rings is 1. The van der Waals surface area contributed by atoms with Gasteiger partial charge in [0, 0.05) is 25.0 Å². The Hall–Kier alpha value is -2.62. The summed E-state index contributed by atoms with van der Waals surface area (Å²) in [7, 11) is -3.30. The molecule has 0 fully saturated rings. The fraction of sp³-hybridized carbons (Fsp3) is 0.294. The van der Waals surface area contributed by atoms with E-state index in [0.29, 0.717) is 11.4 Å². The average Bonchev–Trinajstić information content (AvgIpc) is 3.01. The predicted octanol–water partition coefficient (Wildman–Crippen LogP) is 2.12. The molecular weight excluding hydrogens is 485 g/mol. The number of carbonyl (C=O) groups excluding carboxylic acids is 1. The molecule has 0 radical (unpaired) electrons. The molecule has 2 atom stereocenters. The molecule has 0 saturated carbocycles. The van der Waals surface area contributed by atoms with Crippen LogP contribution in [-0.4, -0.2) is 48.3 Å². The third-order valence-corrected chi connectivity index (χ3v) is 5.39. The van der Waals surface area contributed by atoms with Gasteiger partial charge in [0.15, 0.2) is 29.2 Å². The number of hydrogen-bond donors (Lipinski definition) is 3. The van der Waals surface area contributed by atoms with Crippen LogP contribution in [0.15, 0.2) is 29.3 Å². The van der Waals surface area contributed by atoms with Gasteiger partial charge in [0.05, 0.1) is 12.5 Å². The van der Waals surface area contributed by atoms with Crippen molar-refractivity contribution < 1.29 is 45.0 Å². The molecule has 1 aromatic heterocycles. The Balaban J connectivity index is 2.43. The third-order valence-electron chi connectivity index (χ3n) is 4.14. The number of aliphatic hydroxyl groups is 1. The molecule has 4 N–H and O–H groups in total. The summed E-state index contributed by atoms with van der Waals surface area (Å²) in [4.78, 5) is 11.9. The van der Waals surface area contributed by atoms with Crippen molar-refractivity contribution in [2.75, 3.05) is 11.9 Å². The average molecular weight is 501 g/mol. The summed E-state index contributed by atoms with van der Waals surface area (Å²) in [6, 6.07) is 2.40. The maximum atomic E-state index is 13.4. The minimum atomic E-state index is -5.05. The molecule has 8 nitrogen and oxygen atoms in total. The van der Waals surface area contributed by atoms with Crippen LogP contribution in [0, 0.1) is 17.6 Å². The van der Waals surface area contributed by atoms with E-state index in [1.54, 1.807) is 0 Å². The number of ether oxygens (including phenoxy) is 1. The molecule has 0 bridgehead atoms. The largest absolute Gasteiger partial charge is 0.489 e. The van der Waals surface area contributed by atoms with Crippen molar-refractivity contribution in [2.24, 2.45) is 18.1 Å². The van der Waals surface area contributed by atoms with Crippen molar-refractivity contribution in [3.63, 3.8) is 0 Å². The molecule has 0 spiro atoms. The SMILES string of the molecule is Cn1cc(S(N)(=O)=O)c(OC[C@H](C=S)C(O)C(F)(F)F)c1C(=O)Nc1ccc(F)c(F)c1. The van der Waals surface area contributed by atoms with Gasteiger partial charge in [-0.3, -0.25) is 4.79 Å². The van der Waals surface area contributed by atoms with Crippen molar-refractivity contribution in [3.8, 4) is 5.75 Å². The number of hydrogen-bond acceptors (Lipinski definition) is 6. The molecule has 0 aliphatic carbocycles. The molecule has 1 aromatic carbocycles. The maximum Gasteiger partial charge on any atom is 0.415 e. The smallest absolute Gasteiger partial charge is 0.415 e. The van der Waals surface area contributed by atoms with E-state index >= 15 is 0 Å². The van der Waals surface area contributed by atoms with Crippen molar-refractivity contribution >= 4 is 39.2 Å². The Morgan fingerprint density at radius 2 is 1.97 bits per heavy atom. The van der Waals surface area contributed by atoms with Crippen LogP contribution in [0.25, 0.3) is 0 Å². The lowest BCUT2D eigenvalue weighted by Gasteiger charge is -2.22. The van der Waals surface area contributed by atoms with E-state index in [1.807, 2.05) is 0 Å². The van der Waals surface area contributed by atoms with Gasteiger partial charge in [-0.1, -0.05) is 12.2 Å². The number of sulfonamides is 1. The lowest BCUT2D eigenvalue weighted by molar-refractivity contribution is -0.213. The molecular formula is C17H16F5N3O5S2. The molecule has 15 heteroatoms. The van der Waals surface area contributed by atoms with Gasteiger partial charge in [-0.15, -0.1) is 0 Å². The molecule has 0 aliphatic heterocycles. The van der Waals surface area contributed by atoms with Gasteiger partial charge < -0.3 is 19.7 Å². The molecule has 0 saturated heterocycles. The zero-order valence-corrected chi connectivity index (χ0v) is 17.7. The number of nitrogens with two attached hydrogens (primary N) is 1. The van der Waals surface area contributed by atoms with Gasteiger partial charge in [0.25, 0.3) is 5.91 Å². The summed E-state index contributed by atoms with van der Waals surface area (Å²) < 4.78 is 94.7. The summed E-state index contributed by atoms with van der Waals surface area (Å²) >= 11 is 4.48. The first kappa shape index (κ1) is 25.6. The summed E-state index contributed by atoms with van der Waals surface area (Å²) in [5.41, 5.74) is -0.717. The zero-order chi connectivity index (χ0) is 24.4. The molecule has 0 aliphatic rings. The van der Waals surface area contributed by atoms with Crippen LogP contribution < -0.4 is 15.2 Å². The van der Waals surface area contributed by atoms with Gasteiger partial charge in [-0.25, -0.2) is 22.3 Å². The monoisotopic (exact) mass is 501 g/mol. The second kappa shape index (κ2) is 9.48. The number of thiocarbonyl (C=S) groups is 1. The minimum absolute atomic E-state index is 0.206. The lowest BCUT2D eigenvalue weighted by atomic mass is 10.1. The molecule has 1 amide bonds. The molecule has 176 valence electrons. The quantitative estimate of drug-likeness (QED) is 0.376. The first-order chi connectivity index (χ1) is 14.7. The van der Waals surface area contributed by atoms with Gasteiger partial charge in [0.2, 0.25) is 10.0 Å². The van der Waals surface area contributed by atoms with Crippen LogP contribution >= 0.6 is 12.2 Å². The highest BCUT2D eigenvalue weighted by Crippen LogP contribution is 2.32. The number of anilines is 1. The number of amides is 1. The Kier molecular flexibility index (Phi) is 7.59. The van der Waals surface area contributed by atoms with Gasteiger partial charge in [0.1, 0.15) is 4.90 Å². The van der Waals surface area contributed by atoms with Crippen LogP contribution in [-0.2, 0) is 17.1 Å². The number of aryl methyl sites for hydroxylation is 1. The van der Waals surface area contributed by atoms with Crippen molar-refractivity contribution in [3.05, 3.63) is 41.7 Å². The topological polar surface area (TPSA) is 124 Å². The van der Waals surface area contributed by atoms with E-state index in [-0.39, 0.29) is 5.69 Å². The number of carbonyl (C=O) groups is 1. The summed E-state index contributed by atoms with van der Waals surface area (Å²) in [5.74, 6) is -6.04. The second-order valence-corrected chi connectivity index (χ2v) is 8.31. The normalized spacial score (nSPS) is 14.0. The fourth-order valence-corrected chi connectivity index (χ4v) is 3.52. The zero-order valence-electron chi connectivity index (χ0n) is 16.1. The van der Waals surface area contributed by atoms with E-state index in [4.69, 9.17) is 9.88 Å². The maximum absolute atomic E-state index is 13.4. The van der Waals surface area contributed by atoms with Crippen molar-refractivity contribution in [1.29, 1.82) is 0 Å². The number of alkyl halides is 3. The van der Waals surface area contributed by atoms with Crippen LogP contribution in [0.2, 0.25) is 0 Å². The van der Waals surface area contributed by atoms with Crippen LogP contribution in [0.3, 0.4) is 0 Å². The highest BCUT2D eigenvalue weighted by atomic mass is 32.2. The van der Waals surface area contributed by atoms with Crippen LogP contribution in [0.1, 0.15) is 10.5 Å². The summed E-state index contributed by atoms with van der Waals surface area (Å²) in [6.07, 6.45) is -7.09.